The normalized spacial score (nSPS) is 10.6. The Morgan fingerprint density at radius 2 is 2.00 bits per heavy atom. The number of aryl methyl sites for hydroxylation is 1. The third kappa shape index (κ3) is 3.34. The fourth-order valence-electron chi connectivity index (χ4n) is 2.56. The monoisotopic (exact) mass is 340 g/mol. The topological polar surface area (TPSA) is 51.2 Å². The molecule has 0 aliphatic carbocycles. The maximum Gasteiger partial charge on any atom is 0.337 e. The molecule has 4 nitrogen and oxygen atoms in total. The summed E-state index contributed by atoms with van der Waals surface area (Å²) in [6.45, 7) is 2.49. The molecule has 0 aliphatic heterocycles. The van der Waals surface area contributed by atoms with Crippen molar-refractivity contribution in [2.75, 3.05) is 12.4 Å². The van der Waals surface area contributed by atoms with Crippen LogP contribution in [-0.2, 0) is 11.3 Å². The van der Waals surface area contributed by atoms with Crippen LogP contribution >= 0.6 is 11.6 Å². The molecule has 0 saturated carbocycles. The summed E-state index contributed by atoms with van der Waals surface area (Å²) in [5.74, 6) is -0.341. The summed E-state index contributed by atoms with van der Waals surface area (Å²) in [4.78, 5) is 16.0. The van der Waals surface area contributed by atoms with E-state index < -0.39 is 0 Å². The fraction of sp³-hybridized carbons (Fsp3) is 0.158. The van der Waals surface area contributed by atoms with Crippen molar-refractivity contribution in [1.29, 1.82) is 0 Å². The van der Waals surface area contributed by atoms with Gasteiger partial charge in [0.15, 0.2) is 0 Å². The highest BCUT2D eigenvalue weighted by Crippen LogP contribution is 2.23. The van der Waals surface area contributed by atoms with E-state index in [1.165, 1.54) is 7.11 Å². The molecule has 1 aromatic heterocycles. The summed E-state index contributed by atoms with van der Waals surface area (Å²) in [5.41, 5.74) is 4.23. The first-order chi connectivity index (χ1) is 11.6. The average Bonchev–Trinajstić information content (AvgIpc) is 2.60. The number of nitrogens with zero attached hydrogens (tertiary/aromatic N) is 1. The molecule has 0 fully saturated rings. The van der Waals surface area contributed by atoms with Crippen molar-refractivity contribution in [3.8, 4) is 0 Å². The van der Waals surface area contributed by atoms with Crippen LogP contribution in [0.25, 0.3) is 10.9 Å². The molecule has 5 heteroatoms. The highest BCUT2D eigenvalue weighted by molar-refractivity contribution is 6.30. The van der Waals surface area contributed by atoms with E-state index in [0.29, 0.717) is 17.3 Å². The number of hydrogen-bond donors (Lipinski definition) is 1. The molecule has 2 aromatic carbocycles. The van der Waals surface area contributed by atoms with E-state index >= 15 is 0 Å². The summed E-state index contributed by atoms with van der Waals surface area (Å²) in [5, 5.41) is 4.89. The van der Waals surface area contributed by atoms with Crippen molar-refractivity contribution in [3.05, 3.63) is 70.4 Å². The molecule has 0 spiro atoms. The summed E-state index contributed by atoms with van der Waals surface area (Å²) >= 11 is 6.28. The Bertz CT molecular complexity index is 909. The van der Waals surface area contributed by atoms with E-state index in [1.54, 1.807) is 12.1 Å². The van der Waals surface area contributed by atoms with Gasteiger partial charge in [-0.3, -0.25) is 0 Å². The van der Waals surface area contributed by atoms with Crippen LogP contribution in [0.1, 0.15) is 21.5 Å². The molecule has 24 heavy (non-hydrogen) atoms. The van der Waals surface area contributed by atoms with Crippen molar-refractivity contribution >= 4 is 34.2 Å². The third-order valence-electron chi connectivity index (χ3n) is 3.87. The third-order valence-corrected chi connectivity index (χ3v) is 4.19. The summed E-state index contributed by atoms with van der Waals surface area (Å²) < 4.78 is 4.73. The van der Waals surface area contributed by atoms with Crippen LogP contribution < -0.4 is 5.32 Å². The number of benzene rings is 2. The molecular formula is C19H17ClN2O2. The first-order valence-corrected chi connectivity index (χ1v) is 7.93. The summed E-state index contributed by atoms with van der Waals surface area (Å²) in [6, 6.07) is 15.3. The van der Waals surface area contributed by atoms with Crippen molar-refractivity contribution in [3.63, 3.8) is 0 Å². The Hall–Kier alpha value is -2.59. The minimum atomic E-state index is -0.341. The molecule has 0 bridgehead atoms. The van der Waals surface area contributed by atoms with Crippen LogP contribution in [0.15, 0.2) is 48.5 Å². The van der Waals surface area contributed by atoms with Crippen molar-refractivity contribution in [2.24, 2.45) is 0 Å². The average molecular weight is 341 g/mol. The van der Waals surface area contributed by atoms with Gasteiger partial charge in [-0.1, -0.05) is 29.8 Å². The molecule has 0 atom stereocenters. The van der Waals surface area contributed by atoms with Gasteiger partial charge in [0.2, 0.25) is 0 Å². The number of fused-ring (bicyclic) bond motifs is 1. The summed E-state index contributed by atoms with van der Waals surface area (Å²) in [6.07, 6.45) is 0. The zero-order valence-corrected chi connectivity index (χ0v) is 14.2. The minimum absolute atomic E-state index is 0.341. The predicted molar refractivity (Wildman–Crippen MR) is 96.6 cm³/mol. The first-order valence-electron chi connectivity index (χ1n) is 7.55. The number of esters is 1. The smallest absolute Gasteiger partial charge is 0.337 e. The number of nitrogens with one attached hydrogen (secondary N) is 1. The van der Waals surface area contributed by atoms with Gasteiger partial charge in [-0.05, 0) is 42.8 Å². The van der Waals surface area contributed by atoms with E-state index in [4.69, 9.17) is 16.3 Å². The highest BCUT2D eigenvalue weighted by atomic mass is 35.5. The van der Waals surface area contributed by atoms with Gasteiger partial charge >= 0.3 is 5.97 Å². The molecule has 1 N–H and O–H groups in total. The number of hydrogen-bond acceptors (Lipinski definition) is 4. The summed E-state index contributed by atoms with van der Waals surface area (Å²) in [7, 11) is 1.37. The van der Waals surface area contributed by atoms with Gasteiger partial charge in [0.25, 0.3) is 0 Å². The molecular weight excluding hydrogens is 324 g/mol. The zero-order chi connectivity index (χ0) is 17.1. The molecule has 0 amide bonds. The largest absolute Gasteiger partial charge is 0.465 e. The quantitative estimate of drug-likeness (QED) is 0.557. The van der Waals surface area contributed by atoms with Crippen LogP contribution in [0, 0.1) is 6.92 Å². The van der Waals surface area contributed by atoms with Gasteiger partial charge in [-0.15, -0.1) is 0 Å². The number of anilines is 1. The van der Waals surface area contributed by atoms with E-state index in [9.17, 15) is 4.79 Å². The lowest BCUT2D eigenvalue weighted by Crippen LogP contribution is -2.05. The van der Waals surface area contributed by atoms with E-state index in [-0.39, 0.29) is 5.97 Å². The lowest BCUT2D eigenvalue weighted by molar-refractivity contribution is 0.0600. The van der Waals surface area contributed by atoms with E-state index in [0.717, 1.165) is 27.7 Å². The molecule has 3 rings (SSSR count). The highest BCUT2D eigenvalue weighted by Gasteiger charge is 2.09. The SMILES string of the molecule is COC(=O)c1ccc(NCc2cc3ccccc3nc2Cl)c(C)c1. The minimum Gasteiger partial charge on any atom is -0.465 e. The second-order valence-corrected chi connectivity index (χ2v) is 5.86. The van der Waals surface area contributed by atoms with Gasteiger partial charge in [0.1, 0.15) is 5.15 Å². The van der Waals surface area contributed by atoms with E-state index in [1.807, 2.05) is 43.3 Å². The van der Waals surface area contributed by atoms with Gasteiger partial charge in [0, 0.05) is 23.2 Å². The Labute approximate surface area is 145 Å². The number of rotatable bonds is 4. The van der Waals surface area contributed by atoms with Crippen LogP contribution in [0.5, 0.6) is 0 Å². The maximum atomic E-state index is 11.6. The number of carbonyl (C=O) groups excluding carboxylic acids is 1. The van der Waals surface area contributed by atoms with Crippen molar-refractivity contribution < 1.29 is 9.53 Å². The second-order valence-electron chi connectivity index (χ2n) is 5.51. The van der Waals surface area contributed by atoms with Crippen LogP contribution in [0.3, 0.4) is 0 Å². The molecule has 0 saturated heterocycles. The molecule has 0 radical (unpaired) electrons. The standard InChI is InChI=1S/C19H17ClN2O2/c1-12-9-14(19(23)24-2)7-8-16(12)21-11-15-10-13-5-3-4-6-17(13)22-18(15)20/h3-10,21H,11H2,1-2H3. The van der Waals surface area contributed by atoms with Gasteiger partial charge in [0.05, 0.1) is 18.2 Å². The number of methoxy groups -OCH3 is 1. The van der Waals surface area contributed by atoms with Crippen LogP contribution in [0.4, 0.5) is 5.69 Å². The lowest BCUT2D eigenvalue weighted by atomic mass is 10.1. The Kier molecular flexibility index (Phi) is 4.67. The number of para-hydroxylation sites is 1. The Morgan fingerprint density at radius 3 is 2.75 bits per heavy atom. The van der Waals surface area contributed by atoms with Gasteiger partial charge < -0.3 is 10.1 Å². The molecule has 0 unspecified atom stereocenters. The lowest BCUT2D eigenvalue weighted by Gasteiger charge is -2.12. The van der Waals surface area contributed by atoms with Crippen LogP contribution in [0.2, 0.25) is 5.15 Å². The number of halogens is 1. The molecule has 3 aromatic rings. The maximum absolute atomic E-state index is 11.6. The Balaban J connectivity index is 1.81. The van der Waals surface area contributed by atoms with Crippen LogP contribution in [-0.4, -0.2) is 18.1 Å². The van der Waals surface area contributed by atoms with E-state index in [2.05, 4.69) is 10.3 Å². The molecule has 122 valence electrons. The number of ether oxygens (including phenoxy) is 1. The zero-order valence-electron chi connectivity index (χ0n) is 13.5. The first kappa shape index (κ1) is 16.3. The van der Waals surface area contributed by atoms with Gasteiger partial charge in [-0.25, -0.2) is 9.78 Å². The fourth-order valence-corrected chi connectivity index (χ4v) is 2.77. The number of pyridine rings is 1. The number of carbonyl (C=O) groups is 1. The van der Waals surface area contributed by atoms with Crippen molar-refractivity contribution in [2.45, 2.75) is 13.5 Å². The molecule has 0 aliphatic rings. The molecule has 1 heterocycles. The van der Waals surface area contributed by atoms with Gasteiger partial charge in [-0.2, -0.15) is 0 Å². The second kappa shape index (κ2) is 6.89. The Morgan fingerprint density at radius 1 is 1.21 bits per heavy atom. The number of aromatic nitrogens is 1. The predicted octanol–water partition coefficient (Wildman–Crippen LogP) is 4.60. The van der Waals surface area contributed by atoms with Crippen molar-refractivity contribution in [1.82, 2.24) is 4.98 Å².